The zero-order chi connectivity index (χ0) is 13.1. The Labute approximate surface area is 119 Å². The Kier molecular flexibility index (Phi) is 4.37. The first-order valence-electron chi connectivity index (χ1n) is 5.59. The van der Waals surface area contributed by atoms with Crippen molar-refractivity contribution in [3.8, 4) is 5.75 Å². The van der Waals surface area contributed by atoms with Crippen LogP contribution in [-0.4, -0.2) is 16.2 Å². The quantitative estimate of drug-likeness (QED) is 0.929. The minimum Gasteiger partial charge on any atom is -0.489 e. The molecule has 0 aliphatic carbocycles. The van der Waals surface area contributed by atoms with Gasteiger partial charge in [0.15, 0.2) is 0 Å². The predicted octanol–water partition coefficient (Wildman–Crippen LogP) is 3.77. The lowest BCUT2D eigenvalue weighted by atomic mass is 10.1. The van der Waals surface area contributed by atoms with Crippen LogP contribution in [0.1, 0.15) is 31.1 Å². The van der Waals surface area contributed by atoms with Gasteiger partial charge in [-0.1, -0.05) is 0 Å². The lowest BCUT2D eigenvalue weighted by Gasteiger charge is -2.13. The molecule has 2 rings (SSSR count). The Hall–Kier alpha value is -0.910. The molecular weight excluding hydrogens is 314 g/mol. The molecule has 18 heavy (non-hydrogen) atoms. The monoisotopic (exact) mass is 327 g/mol. The van der Waals surface area contributed by atoms with Gasteiger partial charge in [-0.3, -0.25) is 4.98 Å². The minimum atomic E-state index is -0.686. The van der Waals surface area contributed by atoms with E-state index in [4.69, 9.17) is 4.74 Å². The van der Waals surface area contributed by atoms with Crippen LogP contribution < -0.4 is 4.74 Å². The SMILES string of the molecule is CC(C)Oc1cncc(C(O)c2cscc2Br)c1. The highest BCUT2D eigenvalue weighted by molar-refractivity contribution is 9.10. The number of rotatable bonds is 4. The van der Waals surface area contributed by atoms with Gasteiger partial charge < -0.3 is 9.84 Å². The maximum atomic E-state index is 10.3. The third-order valence-corrected chi connectivity index (χ3v) is 4.11. The molecule has 0 aromatic carbocycles. The normalized spacial score (nSPS) is 12.7. The Morgan fingerprint density at radius 1 is 1.33 bits per heavy atom. The summed E-state index contributed by atoms with van der Waals surface area (Å²) in [5, 5.41) is 14.2. The van der Waals surface area contributed by atoms with Crippen LogP contribution in [0.4, 0.5) is 0 Å². The number of hydrogen-bond acceptors (Lipinski definition) is 4. The summed E-state index contributed by atoms with van der Waals surface area (Å²) < 4.78 is 6.48. The second-order valence-corrected chi connectivity index (χ2v) is 5.80. The van der Waals surface area contributed by atoms with Gasteiger partial charge in [-0.25, -0.2) is 0 Å². The smallest absolute Gasteiger partial charge is 0.138 e. The van der Waals surface area contributed by atoms with Gasteiger partial charge in [0.05, 0.1) is 12.3 Å². The molecule has 0 saturated heterocycles. The van der Waals surface area contributed by atoms with Gasteiger partial charge >= 0.3 is 0 Å². The predicted molar refractivity (Wildman–Crippen MR) is 76.1 cm³/mol. The summed E-state index contributed by atoms with van der Waals surface area (Å²) in [5.41, 5.74) is 1.58. The third-order valence-electron chi connectivity index (χ3n) is 2.36. The van der Waals surface area contributed by atoms with Crippen molar-refractivity contribution >= 4 is 27.3 Å². The largest absolute Gasteiger partial charge is 0.489 e. The van der Waals surface area contributed by atoms with E-state index >= 15 is 0 Å². The highest BCUT2D eigenvalue weighted by atomic mass is 79.9. The molecule has 5 heteroatoms. The van der Waals surface area contributed by atoms with E-state index in [0.29, 0.717) is 5.75 Å². The highest BCUT2D eigenvalue weighted by Crippen LogP contribution is 2.32. The molecule has 3 nitrogen and oxygen atoms in total. The van der Waals surface area contributed by atoms with Crippen LogP contribution in [0.15, 0.2) is 33.7 Å². The zero-order valence-electron chi connectivity index (χ0n) is 10.1. The molecule has 1 atom stereocenters. The van der Waals surface area contributed by atoms with Crippen molar-refractivity contribution in [2.45, 2.75) is 26.1 Å². The van der Waals surface area contributed by atoms with Crippen LogP contribution >= 0.6 is 27.3 Å². The summed E-state index contributed by atoms with van der Waals surface area (Å²) in [6, 6.07) is 1.82. The van der Waals surface area contributed by atoms with Gasteiger partial charge in [0, 0.05) is 27.2 Å². The van der Waals surface area contributed by atoms with E-state index in [0.717, 1.165) is 15.6 Å². The lowest BCUT2D eigenvalue weighted by Crippen LogP contribution is -2.07. The van der Waals surface area contributed by atoms with Gasteiger partial charge in [0.2, 0.25) is 0 Å². The van der Waals surface area contributed by atoms with Crippen molar-refractivity contribution in [1.29, 1.82) is 0 Å². The molecule has 0 spiro atoms. The minimum absolute atomic E-state index is 0.0899. The van der Waals surface area contributed by atoms with Crippen molar-refractivity contribution in [3.05, 3.63) is 44.8 Å². The van der Waals surface area contributed by atoms with Gasteiger partial charge in [-0.2, -0.15) is 11.3 Å². The first-order chi connectivity index (χ1) is 8.58. The van der Waals surface area contributed by atoms with E-state index in [1.54, 1.807) is 23.7 Å². The molecular formula is C13H14BrNO2S. The van der Waals surface area contributed by atoms with Crippen molar-refractivity contribution in [2.75, 3.05) is 0 Å². The molecule has 0 fully saturated rings. The molecule has 96 valence electrons. The summed E-state index contributed by atoms with van der Waals surface area (Å²) in [5.74, 6) is 0.674. The molecule has 0 radical (unpaired) electrons. The summed E-state index contributed by atoms with van der Waals surface area (Å²) in [6.45, 7) is 3.91. The molecule has 2 aromatic rings. The molecule has 0 aliphatic rings. The van der Waals surface area contributed by atoms with Gasteiger partial charge in [0.25, 0.3) is 0 Å². The molecule has 0 amide bonds. The topological polar surface area (TPSA) is 42.4 Å². The summed E-state index contributed by atoms with van der Waals surface area (Å²) in [6.07, 6.45) is 2.71. The van der Waals surface area contributed by atoms with Crippen LogP contribution in [0.5, 0.6) is 5.75 Å². The van der Waals surface area contributed by atoms with Crippen LogP contribution in [0.25, 0.3) is 0 Å². The molecule has 0 bridgehead atoms. The number of hydrogen-bond donors (Lipinski definition) is 1. The van der Waals surface area contributed by atoms with Crippen LogP contribution in [0, 0.1) is 0 Å². The van der Waals surface area contributed by atoms with Gasteiger partial charge in [0.1, 0.15) is 11.9 Å². The van der Waals surface area contributed by atoms with Crippen LogP contribution in [0.2, 0.25) is 0 Å². The fraction of sp³-hybridized carbons (Fsp3) is 0.308. The standard InChI is InChI=1S/C13H14BrNO2S/c1-8(2)17-10-3-9(4-15-5-10)13(16)11-6-18-7-12(11)14/h3-8,13,16H,1-2H3. The summed E-state index contributed by atoms with van der Waals surface area (Å²) >= 11 is 4.97. The third kappa shape index (κ3) is 3.10. The maximum Gasteiger partial charge on any atom is 0.138 e. The summed E-state index contributed by atoms with van der Waals surface area (Å²) in [7, 11) is 0. The number of nitrogens with zero attached hydrogens (tertiary/aromatic N) is 1. The number of ether oxygens (including phenoxy) is 1. The average molecular weight is 328 g/mol. The number of halogens is 1. The van der Waals surface area contributed by atoms with E-state index in [9.17, 15) is 5.11 Å². The number of thiophene rings is 1. The van der Waals surface area contributed by atoms with E-state index in [-0.39, 0.29) is 6.10 Å². The Bertz CT molecular complexity index is 527. The molecule has 0 aliphatic heterocycles. The average Bonchev–Trinajstić information content (AvgIpc) is 2.74. The zero-order valence-corrected chi connectivity index (χ0v) is 12.5. The first kappa shape index (κ1) is 13.5. The van der Waals surface area contributed by atoms with E-state index < -0.39 is 6.10 Å². The van der Waals surface area contributed by atoms with Gasteiger partial charge in [-0.05, 0) is 41.2 Å². The van der Waals surface area contributed by atoms with Crippen molar-refractivity contribution in [2.24, 2.45) is 0 Å². The van der Waals surface area contributed by atoms with E-state index in [1.807, 2.05) is 30.7 Å². The van der Waals surface area contributed by atoms with Crippen LogP contribution in [-0.2, 0) is 0 Å². The molecule has 1 N–H and O–H groups in total. The number of aromatic nitrogens is 1. The lowest BCUT2D eigenvalue weighted by molar-refractivity contribution is 0.215. The number of aliphatic hydroxyl groups is 1. The fourth-order valence-electron chi connectivity index (χ4n) is 1.59. The van der Waals surface area contributed by atoms with Crippen molar-refractivity contribution in [1.82, 2.24) is 4.98 Å². The molecule has 0 saturated carbocycles. The summed E-state index contributed by atoms with van der Waals surface area (Å²) in [4.78, 5) is 4.10. The molecule has 1 unspecified atom stereocenters. The highest BCUT2D eigenvalue weighted by Gasteiger charge is 2.15. The molecule has 2 aromatic heterocycles. The van der Waals surface area contributed by atoms with Crippen LogP contribution in [0.3, 0.4) is 0 Å². The maximum absolute atomic E-state index is 10.3. The first-order valence-corrected chi connectivity index (χ1v) is 7.32. The number of aliphatic hydroxyl groups excluding tert-OH is 1. The number of pyridine rings is 1. The second kappa shape index (κ2) is 5.82. The van der Waals surface area contributed by atoms with Crippen molar-refractivity contribution < 1.29 is 9.84 Å². The van der Waals surface area contributed by atoms with Crippen molar-refractivity contribution in [3.63, 3.8) is 0 Å². The molecule has 2 heterocycles. The Morgan fingerprint density at radius 2 is 2.11 bits per heavy atom. The van der Waals surface area contributed by atoms with E-state index in [1.165, 1.54) is 0 Å². The van der Waals surface area contributed by atoms with E-state index in [2.05, 4.69) is 20.9 Å². The van der Waals surface area contributed by atoms with Gasteiger partial charge in [-0.15, -0.1) is 0 Å². The Balaban J connectivity index is 2.25. The second-order valence-electron chi connectivity index (χ2n) is 4.20. The fourth-order valence-corrected chi connectivity index (χ4v) is 3.12. The Morgan fingerprint density at radius 3 is 2.72 bits per heavy atom.